The van der Waals surface area contributed by atoms with Gasteiger partial charge in [-0.05, 0) is 17.9 Å². The van der Waals surface area contributed by atoms with Gasteiger partial charge in [-0.2, -0.15) is 0 Å². The second-order valence-electron chi connectivity index (χ2n) is 2.65. The largest absolute Gasteiger partial charge is 0.228 e. The van der Waals surface area contributed by atoms with E-state index in [0.29, 0.717) is 11.2 Å². The Bertz CT molecular complexity index is 86.9. The van der Waals surface area contributed by atoms with Crippen molar-refractivity contribution < 1.29 is 0 Å². The van der Waals surface area contributed by atoms with E-state index in [2.05, 4.69) is 32.1 Å². The van der Waals surface area contributed by atoms with Crippen LogP contribution in [0.1, 0.15) is 27.7 Å². The van der Waals surface area contributed by atoms with E-state index >= 15 is 0 Å². The van der Waals surface area contributed by atoms with Gasteiger partial charge in [0.25, 0.3) is 0 Å². The molecular formula is C7H15NS. The van der Waals surface area contributed by atoms with E-state index in [9.17, 15) is 0 Å². The minimum absolute atomic E-state index is 0.580. The maximum atomic E-state index is 4.16. The number of nitrogens with zero attached hydrogens (tertiary/aromatic N) is 1. The molecule has 0 aliphatic carbocycles. The van der Waals surface area contributed by atoms with Crippen molar-refractivity contribution in [3.8, 4) is 0 Å². The van der Waals surface area contributed by atoms with E-state index < -0.39 is 0 Å². The fourth-order valence-corrected chi connectivity index (χ4v) is 0.836. The van der Waals surface area contributed by atoms with Crippen LogP contribution in [0.4, 0.5) is 0 Å². The Kier molecular flexibility index (Phi) is 4.87. The van der Waals surface area contributed by atoms with E-state index in [1.807, 2.05) is 6.21 Å². The van der Waals surface area contributed by atoms with Gasteiger partial charge in [0.2, 0.25) is 0 Å². The van der Waals surface area contributed by atoms with Crippen LogP contribution in [0.3, 0.4) is 0 Å². The third kappa shape index (κ3) is 8.02. The lowest BCUT2D eigenvalue weighted by Crippen LogP contribution is -1.87. The smallest absolute Gasteiger partial charge is 0.0210 e. The van der Waals surface area contributed by atoms with E-state index in [1.54, 1.807) is 11.9 Å². The van der Waals surface area contributed by atoms with Crippen molar-refractivity contribution in [3.05, 3.63) is 0 Å². The Morgan fingerprint density at radius 2 is 1.78 bits per heavy atom. The molecule has 0 aromatic heterocycles. The predicted octanol–water partition coefficient (Wildman–Crippen LogP) is 2.77. The predicted molar refractivity (Wildman–Crippen MR) is 46.1 cm³/mol. The molecule has 0 amide bonds. The first-order valence-electron chi connectivity index (χ1n) is 3.32. The summed E-state index contributed by atoms with van der Waals surface area (Å²) in [5.41, 5.74) is 0. The van der Waals surface area contributed by atoms with Crippen LogP contribution in [0.5, 0.6) is 0 Å². The van der Waals surface area contributed by atoms with E-state index in [1.165, 1.54) is 0 Å². The van der Waals surface area contributed by atoms with Crippen LogP contribution in [0, 0.1) is 5.92 Å². The van der Waals surface area contributed by atoms with Gasteiger partial charge in [0.05, 0.1) is 0 Å². The van der Waals surface area contributed by atoms with Crippen LogP contribution < -0.4 is 0 Å². The zero-order valence-electron chi connectivity index (χ0n) is 6.59. The van der Waals surface area contributed by atoms with Gasteiger partial charge in [-0.3, -0.25) is 0 Å². The Morgan fingerprint density at radius 3 is 2.11 bits per heavy atom. The van der Waals surface area contributed by atoms with Gasteiger partial charge < -0.3 is 0 Å². The van der Waals surface area contributed by atoms with Crippen LogP contribution in [-0.4, -0.2) is 11.5 Å². The van der Waals surface area contributed by atoms with E-state index in [0.717, 1.165) is 0 Å². The normalized spacial score (nSPS) is 12.2. The van der Waals surface area contributed by atoms with Gasteiger partial charge in [-0.1, -0.05) is 27.7 Å². The number of hydrogen-bond donors (Lipinski definition) is 0. The highest BCUT2D eigenvalue weighted by Crippen LogP contribution is 2.09. The highest BCUT2D eigenvalue weighted by atomic mass is 32.2. The molecule has 0 aliphatic rings. The summed E-state index contributed by atoms with van der Waals surface area (Å²) in [7, 11) is 0. The van der Waals surface area contributed by atoms with Gasteiger partial charge in [0, 0.05) is 11.5 Å². The summed E-state index contributed by atoms with van der Waals surface area (Å²) in [6, 6.07) is 0. The van der Waals surface area contributed by atoms with Gasteiger partial charge in [-0.25, -0.2) is 4.40 Å². The fourth-order valence-electron chi connectivity index (χ4n) is 0.279. The third-order valence-electron chi connectivity index (χ3n) is 0.631. The first kappa shape index (κ1) is 9.02. The van der Waals surface area contributed by atoms with Crippen molar-refractivity contribution in [1.29, 1.82) is 0 Å². The van der Waals surface area contributed by atoms with Crippen LogP contribution >= 0.6 is 11.9 Å². The van der Waals surface area contributed by atoms with Crippen molar-refractivity contribution in [1.82, 2.24) is 0 Å². The van der Waals surface area contributed by atoms with Crippen molar-refractivity contribution in [2.45, 2.75) is 32.9 Å². The topological polar surface area (TPSA) is 12.4 Å². The van der Waals surface area contributed by atoms with Gasteiger partial charge in [-0.15, -0.1) is 0 Å². The lowest BCUT2D eigenvalue weighted by Gasteiger charge is -1.96. The minimum Gasteiger partial charge on any atom is -0.228 e. The molecule has 0 radical (unpaired) electrons. The van der Waals surface area contributed by atoms with Crippen molar-refractivity contribution in [2.75, 3.05) is 0 Å². The quantitative estimate of drug-likeness (QED) is 0.439. The first-order valence-corrected chi connectivity index (χ1v) is 4.16. The number of rotatable bonds is 3. The molecule has 0 aliphatic heterocycles. The van der Waals surface area contributed by atoms with Crippen LogP contribution in [0.2, 0.25) is 0 Å². The van der Waals surface area contributed by atoms with Crippen molar-refractivity contribution in [3.63, 3.8) is 0 Å². The van der Waals surface area contributed by atoms with E-state index in [-0.39, 0.29) is 0 Å². The molecule has 0 aromatic rings. The van der Waals surface area contributed by atoms with Crippen LogP contribution in [0.15, 0.2) is 4.40 Å². The number of hydrogen-bond acceptors (Lipinski definition) is 2. The molecule has 0 saturated carbocycles. The second kappa shape index (κ2) is 4.86. The molecule has 1 nitrogen and oxygen atoms in total. The molecule has 2 heteroatoms. The lowest BCUT2D eigenvalue weighted by molar-refractivity contribution is 0.910. The molecule has 0 heterocycles. The molecule has 9 heavy (non-hydrogen) atoms. The average Bonchev–Trinajstić information content (AvgIpc) is 1.63. The zero-order valence-corrected chi connectivity index (χ0v) is 7.40. The molecule has 54 valence electrons. The maximum Gasteiger partial charge on any atom is 0.0210 e. The third-order valence-corrected chi connectivity index (χ3v) is 1.30. The molecule has 0 N–H and O–H groups in total. The Morgan fingerprint density at radius 1 is 1.22 bits per heavy atom. The summed E-state index contributed by atoms with van der Waals surface area (Å²) in [6.45, 7) is 8.54. The van der Waals surface area contributed by atoms with Gasteiger partial charge in [0.15, 0.2) is 0 Å². The summed E-state index contributed by atoms with van der Waals surface area (Å²) in [5, 5.41) is 0.611. The van der Waals surface area contributed by atoms with Crippen molar-refractivity contribution >= 4 is 18.2 Å². The Labute approximate surface area is 62.1 Å². The highest BCUT2D eigenvalue weighted by Gasteiger charge is 1.89. The maximum absolute atomic E-state index is 4.16. The first-order chi connectivity index (χ1) is 4.13. The van der Waals surface area contributed by atoms with E-state index in [4.69, 9.17) is 0 Å². The molecular weight excluding hydrogens is 130 g/mol. The molecule has 0 spiro atoms. The molecule has 0 atom stereocenters. The Balaban J connectivity index is 3.25. The van der Waals surface area contributed by atoms with Gasteiger partial charge >= 0.3 is 0 Å². The molecule has 0 bridgehead atoms. The zero-order chi connectivity index (χ0) is 7.28. The van der Waals surface area contributed by atoms with Crippen LogP contribution in [-0.2, 0) is 0 Å². The fraction of sp³-hybridized carbons (Fsp3) is 0.857. The standard InChI is InChI=1S/C7H15NS/c1-6(2)5-8-9-7(3)4/h5-7H,1-4H3. The summed E-state index contributed by atoms with van der Waals surface area (Å²) in [4.78, 5) is 0. The molecule has 0 fully saturated rings. The monoisotopic (exact) mass is 145 g/mol. The van der Waals surface area contributed by atoms with Crippen LogP contribution in [0.25, 0.3) is 0 Å². The summed E-state index contributed by atoms with van der Waals surface area (Å²) in [6.07, 6.45) is 1.98. The molecule has 0 saturated heterocycles. The highest BCUT2D eigenvalue weighted by molar-refractivity contribution is 7.98. The molecule has 0 rings (SSSR count). The average molecular weight is 145 g/mol. The van der Waals surface area contributed by atoms with Gasteiger partial charge in [0.1, 0.15) is 0 Å². The minimum atomic E-state index is 0.580. The van der Waals surface area contributed by atoms with Crippen molar-refractivity contribution in [2.24, 2.45) is 10.3 Å². The lowest BCUT2D eigenvalue weighted by atomic mass is 10.3. The molecule has 0 aromatic carbocycles. The second-order valence-corrected chi connectivity index (χ2v) is 4.02. The Hall–Kier alpha value is 0.0200. The molecule has 0 unspecified atom stereocenters. The summed E-state index contributed by atoms with van der Waals surface area (Å²) in [5.74, 6) is 0.580. The summed E-state index contributed by atoms with van der Waals surface area (Å²) < 4.78 is 4.16. The summed E-state index contributed by atoms with van der Waals surface area (Å²) >= 11 is 1.63. The SMILES string of the molecule is CC(C)C=NSC(C)C.